The number of thiophene rings is 1. The van der Waals surface area contributed by atoms with Gasteiger partial charge in [-0.1, -0.05) is 11.6 Å². The molecule has 0 atom stereocenters. The highest BCUT2D eigenvalue weighted by atomic mass is 35.5. The number of carbonyl (C=O) groups is 1. The molecule has 0 radical (unpaired) electrons. The summed E-state index contributed by atoms with van der Waals surface area (Å²) in [6.45, 7) is 0. The van der Waals surface area contributed by atoms with Crippen LogP contribution in [0.25, 0.3) is 5.76 Å². The Morgan fingerprint density at radius 1 is 1.59 bits per heavy atom. The molecule has 0 amide bonds. The van der Waals surface area contributed by atoms with Crippen LogP contribution < -0.4 is 4.72 Å². The van der Waals surface area contributed by atoms with Gasteiger partial charge >= 0.3 is 5.97 Å². The molecule has 1 aromatic rings. The molecule has 0 bridgehead atoms. The number of rotatable bonds is 1. The van der Waals surface area contributed by atoms with Crippen LogP contribution in [0.15, 0.2) is 16.0 Å². The van der Waals surface area contributed by atoms with Crippen molar-refractivity contribution in [2.24, 2.45) is 0 Å². The average Bonchev–Trinajstić information content (AvgIpc) is 2.66. The minimum absolute atomic E-state index is 0.000787. The fraction of sp³-hybridized carbons (Fsp3) is 0.125. The molecule has 2 heterocycles. The molecule has 0 unspecified atom stereocenters. The molecule has 0 spiro atoms. The van der Waals surface area contributed by atoms with Gasteiger partial charge in [-0.25, -0.2) is 13.2 Å². The number of hydrogen-bond donors (Lipinski definition) is 2. The van der Waals surface area contributed by atoms with E-state index in [-0.39, 0.29) is 14.8 Å². The molecule has 1 aliphatic rings. The lowest BCUT2D eigenvalue weighted by atomic mass is 10.2. The largest absolute Gasteiger partial charge is 0.505 e. The maximum absolute atomic E-state index is 11.8. The van der Waals surface area contributed by atoms with Gasteiger partial charge in [-0.05, 0) is 0 Å². The number of sulfonamides is 1. The summed E-state index contributed by atoms with van der Waals surface area (Å²) in [5.74, 6) is -1.47. The summed E-state index contributed by atoms with van der Waals surface area (Å²) in [5.41, 5.74) is -0.520. The zero-order valence-corrected chi connectivity index (χ0v) is 10.7. The van der Waals surface area contributed by atoms with Crippen LogP contribution in [-0.2, 0) is 19.6 Å². The highest BCUT2D eigenvalue weighted by Crippen LogP contribution is 2.38. The van der Waals surface area contributed by atoms with Crippen molar-refractivity contribution in [3.63, 3.8) is 0 Å². The molecule has 0 saturated carbocycles. The number of halogens is 1. The van der Waals surface area contributed by atoms with E-state index in [2.05, 4.69) is 4.74 Å². The topological polar surface area (TPSA) is 92.7 Å². The molecule has 0 fully saturated rings. The van der Waals surface area contributed by atoms with Gasteiger partial charge in [0, 0.05) is 5.38 Å². The van der Waals surface area contributed by atoms with Gasteiger partial charge < -0.3 is 9.84 Å². The number of nitrogens with one attached hydrogen (secondary N) is 1. The minimum Gasteiger partial charge on any atom is -0.505 e. The molecule has 6 nitrogen and oxygen atoms in total. The van der Waals surface area contributed by atoms with Crippen LogP contribution >= 0.6 is 22.9 Å². The summed E-state index contributed by atoms with van der Waals surface area (Å²) < 4.78 is 29.9. The van der Waals surface area contributed by atoms with Crippen molar-refractivity contribution in [2.45, 2.75) is 4.90 Å². The van der Waals surface area contributed by atoms with Crippen molar-refractivity contribution in [3.8, 4) is 0 Å². The zero-order chi connectivity index (χ0) is 12.8. The molecule has 0 aromatic carbocycles. The van der Waals surface area contributed by atoms with Crippen molar-refractivity contribution < 1.29 is 23.1 Å². The average molecular weight is 296 g/mol. The highest BCUT2D eigenvalue weighted by molar-refractivity contribution is 7.90. The van der Waals surface area contributed by atoms with E-state index in [1.54, 1.807) is 0 Å². The van der Waals surface area contributed by atoms with Gasteiger partial charge in [0.1, 0.15) is 9.23 Å². The smallest absolute Gasteiger partial charge is 0.359 e. The van der Waals surface area contributed by atoms with E-state index in [1.807, 2.05) is 4.72 Å². The molecule has 0 aliphatic carbocycles. The number of fused-ring (bicyclic) bond motifs is 1. The summed E-state index contributed by atoms with van der Waals surface area (Å²) >= 11 is 6.67. The third kappa shape index (κ3) is 1.78. The Hall–Kier alpha value is -1.25. The van der Waals surface area contributed by atoms with Crippen molar-refractivity contribution in [1.29, 1.82) is 0 Å². The van der Waals surface area contributed by atoms with E-state index in [1.165, 1.54) is 5.38 Å². The summed E-state index contributed by atoms with van der Waals surface area (Å²) in [5, 5.41) is 11.1. The summed E-state index contributed by atoms with van der Waals surface area (Å²) in [6, 6.07) is 0. The molecule has 2 N–H and O–H groups in total. The maximum Gasteiger partial charge on any atom is 0.359 e. The monoisotopic (exact) mass is 295 g/mol. The first kappa shape index (κ1) is 12.2. The SMILES string of the molecule is COC(=O)C1=C(O)c2csc(Cl)c2S(=O)(=O)N1. The van der Waals surface area contributed by atoms with Crippen molar-refractivity contribution in [1.82, 2.24) is 4.72 Å². The molecule has 0 saturated heterocycles. The lowest BCUT2D eigenvalue weighted by Gasteiger charge is -2.17. The summed E-state index contributed by atoms with van der Waals surface area (Å²) in [4.78, 5) is 11.1. The zero-order valence-electron chi connectivity index (χ0n) is 8.35. The van der Waals surface area contributed by atoms with Gasteiger partial charge in [-0.15, -0.1) is 11.3 Å². The summed E-state index contributed by atoms with van der Waals surface area (Å²) in [7, 11) is -2.88. The predicted octanol–water partition coefficient (Wildman–Crippen LogP) is 1.09. The maximum atomic E-state index is 11.8. The number of aliphatic hydroxyl groups is 1. The number of hydrogen-bond acceptors (Lipinski definition) is 6. The van der Waals surface area contributed by atoms with Gasteiger partial charge in [0.25, 0.3) is 10.0 Å². The lowest BCUT2D eigenvalue weighted by molar-refractivity contribution is -0.136. The van der Waals surface area contributed by atoms with Gasteiger partial charge in [0.05, 0.1) is 12.7 Å². The quantitative estimate of drug-likeness (QED) is 0.757. The predicted molar refractivity (Wildman–Crippen MR) is 61.2 cm³/mol. The third-order valence-electron chi connectivity index (χ3n) is 2.09. The van der Waals surface area contributed by atoms with Crippen molar-refractivity contribution >= 4 is 44.7 Å². The third-order valence-corrected chi connectivity index (χ3v) is 4.99. The van der Waals surface area contributed by atoms with Crippen LogP contribution in [0.2, 0.25) is 4.34 Å². The second-order valence-electron chi connectivity index (χ2n) is 3.07. The van der Waals surface area contributed by atoms with E-state index >= 15 is 0 Å². The second-order valence-corrected chi connectivity index (χ2v) is 6.17. The number of esters is 1. The van der Waals surface area contributed by atoms with Gasteiger partial charge in [0.2, 0.25) is 0 Å². The van der Waals surface area contributed by atoms with Gasteiger partial charge in [0.15, 0.2) is 11.5 Å². The molecule has 1 aliphatic heterocycles. The molecule has 1 aromatic heterocycles. The highest BCUT2D eigenvalue weighted by Gasteiger charge is 2.36. The Labute approximate surface area is 106 Å². The molecule has 9 heteroatoms. The van der Waals surface area contributed by atoms with Gasteiger partial charge in [-0.2, -0.15) is 0 Å². The fourth-order valence-electron chi connectivity index (χ4n) is 1.35. The normalized spacial score (nSPS) is 17.3. The van der Waals surface area contributed by atoms with Crippen LogP contribution in [0, 0.1) is 0 Å². The summed E-state index contributed by atoms with van der Waals surface area (Å²) in [6.07, 6.45) is 0. The molecule has 2 rings (SSSR count). The van der Waals surface area contributed by atoms with Crippen LogP contribution in [0.3, 0.4) is 0 Å². The first-order chi connectivity index (χ1) is 7.88. The Balaban J connectivity index is 2.73. The molecular formula is C8H6ClNO5S2. The van der Waals surface area contributed by atoms with E-state index in [9.17, 15) is 18.3 Å². The van der Waals surface area contributed by atoms with E-state index in [0.29, 0.717) is 0 Å². The van der Waals surface area contributed by atoms with Crippen molar-refractivity contribution in [3.05, 3.63) is 21.0 Å². The molecule has 17 heavy (non-hydrogen) atoms. The molecular weight excluding hydrogens is 290 g/mol. The number of methoxy groups -OCH3 is 1. The minimum atomic E-state index is -3.96. The van der Waals surface area contributed by atoms with Crippen molar-refractivity contribution in [2.75, 3.05) is 7.11 Å². The number of carbonyl (C=O) groups excluding carboxylic acids is 1. The Morgan fingerprint density at radius 3 is 2.82 bits per heavy atom. The van der Waals surface area contributed by atoms with Gasteiger partial charge in [-0.3, -0.25) is 4.72 Å². The standard InChI is InChI=1S/C8H6ClNO5S2/c1-15-8(12)4-5(11)3-2-16-7(9)6(3)17(13,14)10-4/h2,10-11H,1H3. The first-order valence-electron chi connectivity index (χ1n) is 4.20. The lowest BCUT2D eigenvalue weighted by Crippen LogP contribution is -2.33. The molecule has 92 valence electrons. The van der Waals surface area contributed by atoms with Crippen LogP contribution in [0.1, 0.15) is 5.56 Å². The van der Waals surface area contributed by atoms with Crippen LogP contribution in [0.4, 0.5) is 0 Å². The van der Waals surface area contributed by atoms with E-state index in [4.69, 9.17) is 11.6 Å². The Kier molecular flexibility index (Phi) is 2.80. The first-order valence-corrected chi connectivity index (χ1v) is 6.94. The fourth-order valence-corrected chi connectivity index (χ4v) is 4.31. The van der Waals surface area contributed by atoms with E-state index in [0.717, 1.165) is 18.4 Å². The second kappa shape index (κ2) is 3.90. The number of aliphatic hydroxyl groups excluding tert-OH is 1. The van der Waals surface area contributed by atoms with Crippen LogP contribution in [-0.4, -0.2) is 26.6 Å². The van der Waals surface area contributed by atoms with E-state index < -0.39 is 27.4 Å². The van der Waals surface area contributed by atoms with Crippen LogP contribution in [0.5, 0.6) is 0 Å². The Morgan fingerprint density at radius 2 is 2.24 bits per heavy atom. The number of ether oxygens (including phenoxy) is 1. The Bertz CT molecular complexity index is 630.